The topological polar surface area (TPSA) is 78.9 Å². The van der Waals surface area contributed by atoms with Crippen LogP contribution in [0.4, 0.5) is 4.79 Å². The molecule has 0 saturated carbocycles. The third kappa shape index (κ3) is 3.85. The number of hydrogen-bond acceptors (Lipinski definition) is 3. The minimum Gasteiger partial charge on any atom is -0.480 e. The lowest BCUT2D eigenvalue weighted by Gasteiger charge is -2.40. The maximum atomic E-state index is 12.1. The van der Waals surface area contributed by atoms with E-state index in [0.29, 0.717) is 6.61 Å². The van der Waals surface area contributed by atoms with Gasteiger partial charge in [0.1, 0.15) is 6.04 Å². The van der Waals surface area contributed by atoms with Crippen LogP contribution in [0.25, 0.3) is 0 Å². The van der Waals surface area contributed by atoms with Crippen LogP contribution in [0.3, 0.4) is 0 Å². The average molecular weight is 286 g/mol. The second-order valence-corrected chi connectivity index (χ2v) is 5.50. The third-order valence-electron chi connectivity index (χ3n) is 4.37. The fourth-order valence-corrected chi connectivity index (χ4v) is 2.51. The van der Waals surface area contributed by atoms with Crippen LogP contribution in [0.2, 0.25) is 0 Å². The Balaban J connectivity index is 2.60. The Hall–Kier alpha value is -1.30. The summed E-state index contributed by atoms with van der Waals surface area (Å²) in [6.45, 7) is 6.30. The molecule has 0 aromatic rings. The summed E-state index contributed by atoms with van der Waals surface area (Å²) in [5.41, 5.74) is -0.160. The van der Waals surface area contributed by atoms with Crippen LogP contribution >= 0.6 is 0 Å². The molecule has 116 valence electrons. The number of hydrogen-bond donors (Lipinski definition) is 2. The lowest BCUT2D eigenvalue weighted by molar-refractivity contribution is -0.141. The minimum atomic E-state index is -1.01. The van der Waals surface area contributed by atoms with E-state index in [-0.39, 0.29) is 17.7 Å². The molecule has 1 saturated heterocycles. The van der Waals surface area contributed by atoms with Crippen molar-refractivity contribution in [2.24, 2.45) is 0 Å². The number of aliphatic carboxylic acids is 1. The molecule has 0 aromatic heterocycles. The summed E-state index contributed by atoms with van der Waals surface area (Å²) in [5.74, 6) is -1.01. The van der Waals surface area contributed by atoms with E-state index >= 15 is 0 Å². The van der Waals surface area contributed by atoms with E-state index in [1.807, 2.05) is 0 Å². The number of rotatable bonds is 5. The van der Waals surface area contributed by atoms with E-state index in [0.717, 1.165) is 25.7 Å². The number of carboxylic acid groups (broad SMARTS) is 1. The first kappa shape index (κ1) is 16.8. The SMILES string of the molecule is CCC1(CC)CC(NC(=O)N(C)C(C)C(=O)O)CCO1. The number of carbonyl (C=O) groups is 2. The van der Waals surface area contributed by atoms with Crippen molar-refractivity contribution in [3.05, 3.63) is 0 Å². The number of nitrogens with one attached hydrogen (secondary N) is 1. The fourth-order valence-electron chi connectivity index (χ4n) is 2.51. The quantitative estimate of drug-likeness (QED) is 0.808. The summed E-state index contributed by atoms with van der Waals surface area (Å²) in [5, 5.41) is 11.8. The lowest BCUT2D eigenvalue weighted by Crippen LogP contribution is -2.53. The molecule has 6 nitrogen and oxygen atoms in total. The summed E-state index contributed by atoms with van der Waals surface area (Å²) in [6, 6.07) is -1.13. The summed E-state index contributed by atoms with van der Waals surface area (Å²) < 4.78 is 5.86. The van der Waals surface area contributed by atoms with Gasteiger partial charge >= 0.3 is 12.0 Å². The second-order valence-electron chi connectivity index (χ2n) is 5.50. The van der Waals surface area contributed by atoms with Crippen LogP contribution in [0.1, 0.15) is 46.5 Å². The van der Waals surface area contributed by atoms with Gasteiger partial charge in [0.2, 0.25) is 0 Å². The fraction of sp³-hybridized carbons (Fsp3) is 0.857. The Morgan fingerprint density at radius 3 is 2.55 bits per heavy atom. The Labute approximate surface area is 120 Å². The summed E-state index contributed by atoms with van der Waals surface area (Å²) in [4.78, 5) is 24.2. The molecule has 1 heterocycles. The van der Waals surface area contributed by atoms with Crippen molar-refractivity contribution >= 4 is 12.0 Å². The maximum absolute atomic E-state index is 12.1. The highest BCUT2D eigenvalue weighted by Crippen LogP contribution is 2.31. The monoisotopic (exact) mass is 286 g/mol. The van der Waals surface area contributed by atoms with E-state index in [1.165, 1.54) is 18.9 Å². The normalized spacial score (nSPS) is 22.9. The molecule has 0 aliphatic carbocycles. The van der Waals surface area contributed by atoms with Gasteiger partial charge in [0, 0.05) is 19.7 Å². The molecule has 1 rings (SSSR count). The van der Waals surface area contributed by atoms with Gasteiger partial charge in [-0.1, -0.05) is 13.8 Å². The van der Waals surface area contributed by atoms with Gasteiger partial charge in [-0.2, -0.15) is 0 Å². The molecule has 2 atom stereocenters. The minimum absolute atomic E-state index is 0.0413. The van der Waals surface area contributed by atoms with E-state index in [2.05, 4.69) is 19.2 Å². The van der Waals surface area contributed by atoms with Gasteiger partial charge < -0.3 is 20.1 Å². The molecule has 20 heavy (non-hydrogen) atoms. The zero-order valence-electron chi connectivity index (χ0n) is 12.8. The number of carbonyl (C=O) groups excluding carboxylic acids is 1. The number of ether oxygens (including phenoxy) is 1. The van der Waals surface area contributed by atoms with Gasteiger partial charge in [-0.3, -0.25) is 0 Å². The van der Waals surface area contributed by atoms with E-state index in [1.54, 1.807) is 0 Å². The Bertz CT molecular complexity index is 355. The van der Waals surface area contributed by atoms with Crippen molar-refractivity contribution in [3.63, 3.8) is 0 Å². The molecule has 0 radical (unpaired) electrons. The largest absolute Gasteiger partial charge is 0.480 e. The van der Waals surface area contributed by atoms with Crippen LogP contribution in [0.15, 0.2) is 0 Å². The van der Waals surface area contributed by atoms with Gasteiger partial charge in [0.15, 0.2) is 0 Å². The predicted molar refractivity (Wildman–Crippen MR) is 75.7 cm³/mol. The Morgan fingerprint density at radius 2 is 2.05 bits per heavy atom. The molecule has 0 aromatic carbocycles. The number of urea groups is 1. The molecule has 1 aliphatic rings. The molecule has 0 spiro atoms. The molecule has 6 heteroatoms. The smallest absolute Gasteiger partial charge is 0.326 e. The first-order valence-electron chi connectivity index (χ1n) is 7.25. The highest BCUT2D eigenvalue weighted by atomic mass is 16.5. The van der Waals surface area contributed by atoms with Crippen molar-refractivity contribution < 1.29 is 19.4 Å². The van der Waals surface area contributed by atoms with Crippen molar-refractivity contribution in [3.8, 4) is 0 Å². The molecule has 1 aliphatic heterocycles. The summed E-state index contributed by atoms with van der Waals surface area (Å²) in [6.07, 6.45) is 3.37. The number of amides is 2. The van der Waals surface area contributed by atoms with Gasteiger partial charge in [0.25, 0.3) is 0 Å². The van der Waals surface area contributed by atoms with Crippen molar-refractivity contribution in [2.75, 3.05) is 13.7 Å². The molecule has 2 unspecified atom stereocenters. The molecular weight excluding hydrogens is 260 g/mol. The summed E-state index contributed by atoms with van der Waals surface area (Å²) in [7, 11) is 1.50. The number of carboxylic acids is 1. The van der Waals surface area contributed by atoms with Crippen LogP contribution in [-0.2, 0) is 9.53 Å². The van der Waals surface area contributed by atoms with Crippen molar-refractivity contribution in [1.29, 1.82) is 0 Å². The van der Waals surface area contributed by atoms with E-state index < -0.39 is 12.0 Å². The molecular formula is C14H26N2O4. The molecule has 0 bridgehead atoms. The maximum Gasteiger partial charge on any atom is 0.326 e. The Morgan fingerprint density at radius 1 is 1.45 bits per heavy atom. The number of likely N-dealkylation sites (N-methyl/N-ethyl adjacent to an activating group) is 1. The highest BCUT2D eigenvalue weighted by Gasteiger charge is 2.35. The Kier molecular flexibility index (Phi) is 5.80. The average Bonchev–Trinajstić information content (AvgIpc) is 2.45. The molecule has 2 amide bonds. The highest BCUT2D eigenvalue weighted by molar-refractivity contribution is 5.82. The van der Waals surface area contributed by atoms with E-state index in [4.69, 9.17) is 9.84 Å². The zero-order valence-corrected chi connectivity index (χ0v) is 12.8. The first-order valence-corrected chi connectivity index (χ1v) is 7.25. The van der Waals surface area contributed by atoms with Crippen molar-refractivity contribution in [2.45, 2.75) is 64.1 Å². The van der Waals surface area contributed by atoms with Gasteiger partial charge in [-0.05, 0) is 32.6 Å². The zero-order chi connectivity index (χ0) is 15.3. The van der Waals surface area contributed by atoms with Crippen LogP contribution < -0.4 is 5.32 Å². The predicted octanol–water partition coefficient (Wildman–Crippen LogP) is 1.84. The molecule has 2 N–H and O–H groups in total. The molecule has 1 fully saturated rings. The standard InChI is InChI=1S/C14H26N2O4/c1-5-14(6-2)9-11(7-8-20-14)15-13(19)16(4)10(3)12(17)18/h10-11H,5-9H2,1-4H3,(H,15,19)(H,17,18). The van der Waals surface area contributed by atoms with Crippen LogP contribution in [0.5, 0.6) is 0 Å². The third-order valence-corrected chi connectivity index (χ3v) is 4.37. The van der Waals surface area contributed by atoms with Crippen molar-refractivity contribution in [1.82, 2.24) is 10.2 Å². The van der Waals surface area contributed by atoms with Crippen LogP contribution in [-0.4, -0.2) is 53.3 Å². The summed E-state index contributed by atoms with van der Waals surface area (Å²) >= 11 is 0. The lowest BCUT2D eigenvalue weighted by atomic mass is 9.86. The number of nitrogens with zero attached hydrogens (tertiary/aromatic N) is 1. The first-order chi connectivity index (χ1) is 9.35. The van der Waals surface area contributed by atoms with Crippen LogP contribution in [0, 0.1) is 0 Å². The second kappa shape index (κ2) is 6.92. The van der Waals surface area contributed by atoms with Gasteiger partial charge in [-0.25, -0.2) is 9.59 Å². The van der Waals surface area contributed by atoms with Gasteiger partial charge in [0.05, 0.1) is 5.60 Å². The van der Waals surface area contributed by atoms with Gasteiger partial charge in [-0.15, -0.1) is 0 Å². The van der Waals surface area contributed by atoms with E-state index in [9.17, 15) is 9.59 Å².